The lowest BCUT2D eigenvalue weighted by Crippen LogP contribution is -2.22. The molecule has 6 nitrogen and oxygen atoms in total. The normalized spacial score (nSPS) is 14.2. The van der Waals surface area contributed by atoms with Crippen molar-refractivity contribution < 1.29 is 14.0 Å². The number of hydrogen-bond donors (Lipinski definition) is 2. The third kappa shape index (κ3) is 4.46. The average molecular weight is 450 g/mol. The number of nitrogens with zero attached hydrogens (tertiary/aromatic N) is 1. The van der Waals surface area contributed by atoms with Crippen LogP contribution < -0.4 is 10.7 Å². The third-order valence-electron chi connectivity index (χ3n) is 5.58. The molecule has 3 aromatic rings. The molecule has 4 rings (SSSR count). The van der Waals surface area contributed by atoms with Gasteiger partial charge in [-0.15, -0.1) is 0 Å². The van der Waals surface area contributed by atoms with Gasteiger partial charge in [0.2, 0.25) is 0 Å². The lowest BCUT2D eigenvalue weighted by atomic mass is 9.93. The average Bonchev–Trinajstić information content (AvgIpc) is 3.15. The van der Waals surface area contributed by atoms with Crippen LogP contribution in [0.5, 0.6) is 0 Å². The van der Waals surface area contributed by atoms with Gasteiger partial charge in [-0.3, -0.25) is 9.59 Å². The van der Waals surface area contributed by atoms with Crippen LogP contribution in [0.3, 0.4) is 0 Å². The first-order valence-corrected chi connectivity index (χ1v) is 11.0. The monoisotopic (exact) mass is 449 g/mol. The van der Waals surface area contributed by atoms with Crippen LogP contribution in [0.1, 0.15) is 63.1 Å². The Bertz CT molecular complexity index is 1200. The molecule has 1 heterocycles. The molecule has 0 atom stereocenters. The third-order valence-corrected chi connectivity index (χ3v) is 5.83. The second kappa shape index (κ2) is 9.40. The van der Waals surface area contributed by atoms with Crippen LogP contribution in [0.25, 0.3) is 0 Å². The first-order chi connectivity index (χ1) is 15.5. The summed E-state index contributed by atoms with van der Waals surface area (Å²) in [4.78, 5) is 25.4. The maximum atomic E-state index is 13.0. The Hall–Kier alpha value is -3.38. The minimum atomic E-state index is -0.323. The number of amides is 2. The summed E-state index contributed by atoms with van der Waals surface area (Å²) < 4.78 is 5.96. The Kier molecular flexibility index (Phi) is 6.42. The number of rotatable bonds is 5. The van der Waals surface area contributed by atoms with Crippen molar-refractivity contribution in [2.75, 3.05) is 5.32 Å². The topological polar surface area (TPSA) is 83.7 Å². The molecule has 2 amide bonds. The predicted molar refractivity (Wildman–Crippen MR) is 126 cm³/mol. The van der Waals surface area contributed by atoms with E-state index in [9.17, 15) is 9.59 Å². The van der Waals surface area contributed by atoms with Gasteiger partial charge in [-0.25, -0.2) is 5.43 Å². The van der Waals surface area contributed by atoms with Crippen molar-refractivity contribution in [2.24, 2.45) is 5.10 Å². The molecule has 1 aliphatic carbocycles. The summed E-state index contributed by atoms with van der Waals surface area (Å²) in [6.45, 7) is 3.90. The van der Waals surface area contributed by atoms with Crippen LogP contribution in [0.15, 0.2) is 58.0 Å². The Morgan fingerprint density at radius 3 is 2.56 bits per heavy atom. The number of carbonyl (C=O) groups excluding carboxylic acids is 2. The van der Waals surface area contributed by atoms with Gasteiger partial charge in [-0.05, 0) is 62.1 Å². The SMILES string of the molecule is CCc1ccccc1NC(=O)c1oc2c(c1C)/C(=N/NC(=O)c1ccc(Cl)cc1)CCC2. The Labute approximate surface area is 191 Å². The summed E-state index contributed by atoms with van der Waals surface area (Å²) in [5.74, 6) is 0.389. The molecule has 1 aliphatic rings. The molecule has 0 fully saturated rings. The summed E-state index contributed by atoms with van der Waals surface area (Å²) in [7, 11) is 0. The van der Waals surface area contributed by atoms with E-state index in [1.807, 2.05) is 38.1 Å². The molecule has 0 unspecified atom stereocenters. The minimum Gasteiger partial charge on any atom is -0.455 e. The van der Waals surface area contributed by atoms with E-state index in [1.165, 1.54) is 0 Å². The molecular formula is C25H24ClN3O3. The highest BCUT2D eigenvalue weighted by molar-refractivity contribution is 6.30. The molecule has 0 saturated carbocycles. The van der Waals surface area contributed by atoms with E-state index >= 15 is 0 Å². The highest BCUT2D eigenvalue weighted by Crippen LogP contribution is 2.30. The Balaban J connectivity index is 1.57. The van der Waals surface area contributed by atoms with Crippen LogP contribution in [-0.2, 0) is 12.8 Å². The number of hydrogen-bond acceptors (Lipinski definition) is 4. The lowest BCUT2D eigenvalue weighted by molar-refractivity contribution is 0.0953. The van der Waals surface area contributed by atoms with Gasteiger partial charge in [0, 0.05) is 33.8 Å². The number of nitrogens with one attached hydrogen (secondary N) is 2. The summed E-state index contributed by atoms with van der Waals surface area (Å²) in [6, 6.07) is 14.3. The smallest absolute Gasteiger partial charge is 0.291 e. The van der Waals surface area contributed by atoms with Gasteiger partial charge in [0.1, 0.15) is 5.76 Å². The van der Waals surface area contributed by atoms with Crippen molar-refractivity contribution in [1.82, 2.24) is 5.43 Å². The molecule has 32 heavy (non-hydrogen) atoms. The van der Waals surface area contributed by atoms with Crippen molar-refractivity contribution in [2.45, 2.75) is 39.5 Å². The van der Waals surface area contributed by atoms with Gasteiger partial charge in [-0.1, -0.05) is 36.7 Å². The molecule has 0 spiro atoms. The van der Waals surface area contributed by atoms with Crippen LogP contribution in [0, 0.1) is 6.92 Å². The fourth-order valence-corrected chi connectivity index (χ4v) is 4.04. The maximum Gasteiger partial charge on any atom is 0.291 e. The maximum absolute atomic E-state index is 13.0. The van der Waals surface area contributed by atoms with Crippen LogP contribution in [0.4, 0.5) is 5.69 Å². The number of hydrazone groups is 1. The number of halogens is 1. The number of aryl methyl sites for hydroxylation is 2. The number of anilines is 1. The zero-order chi connectivity index (χ0) is 22.7. The van der Waals surface area contributed by atoms with Crippen molar-refractivity contribution in [3.05, 3.63) is 87.3 Å². The fourth-order valence-electron chi connectivity index (χ4n) is 3.91. The number of carbonyl (C=O) groups is 2. The van der Waals surface area contributed by atoms with Crippen molar-refractivity contribution in [1.29, 1.82) is 0 Å². The molecule has 0 saturated heterocycles. The highest BCUT2D eigenvalue weighted by atomic mass is 35.5. The number of fused-ring (bicyclic) bond motifs is 1. The predicted octanol–water partition coefficient (Wildman–Crippen LogP) is 5.53. The zero-order valence-corrected chi connectivity index (χ0v) is 18.8. The Morgan fingerprint density at radius 1 is 1.06 bits per heavy atom. The van der Waals surface area contributed by atoms with E-state index in [1.54, 1.807) is 24.3 Å². The first-order valence-electron chi connectivity index (χ1n) is 10.6. The summed E-state index contributed by atoms with van der Waals surface area (Å²) in [5, 5.41) is 7.89. The second-order valence-electron chi connectivity index (χ2n) is 7.68. The molecule has 164 valence electrons. The van der Waals surface area contributed by atoms with E-state index in [-0.39, 0.29) is 17.6 Å². The van der Waals surface area contributed by atoms with Gasteiger partial charge in [0.25, 0.3) is 11.8 Å². The van der Waals surface area contributed by atoms with Crippen LogP contribution in [0.2, 0.25) is 5.02 Å². The number of furan rings is 1. The van der Waals surface area contributed by atoms with Gasteiger partial charge in [-0.2, -0.15) is 5.10 Å². The number of para-hydroxylation sites is 1. The molecule has 7 heteroatoms. The zero-order valence-electron chi connectivity index (χ0n) is 18.0. The molecule has 2 aromatic carbocycles. The fraction of sp³-hybridized carbons (Fsp3) is 0.240. The van der Waals surface area contributed by atoms with E-state index < -0.39 is 0 Å². The number of benzene rings is 2. The lowest BCUT2D eigenvalue weighted by Gasteiger charge is -2.13. The van der Waals surface area contributed by atoms with E-state index in [2.05, 4.69) is 15.8 Å². The molecule has 0 radical (unpaired) electrons. The highest BCUT2D eigenvalue weighted by Gasteiger charge is 2.28. The summed E-state index contributed by atoms with van der Waals surface area (Å²) in [5.41, 5.74) is 7.16. The molecule has 0 bridgehead atoms. The van der Waals surface area contributed by atoms with Gasteiger partial charge >= 0.3 is 0 Å². The standard InChI is InChI=1S/C25H24ClN3O3/c1-3-16-7-4-5-8-19(16)27-25(31)23-15(2)22-20(9-6-10-21(22)32-23)28-29-24(30)17-11-13-18(26)14-12-17/h4-5,7-8,11-14H,3,6,9-10H2,1-2H3,(H,27,31)(H,29,30)/b28-20+. The molecule has 1 aromatic heterocycles. The van der Waals surface area contributed by atoms with Crippen molar-refractivity contribution >= 4 is 34.8 Å². The van der Waals surface area contributed by atoms with Crippen LogP contribution in [-0.4, -0.2) is 17.5 Å². The molecule has 0 aliphatic heterocycles. The first kappa shape index (κ1) is 21.8. The summed E-state index contributed by atoms with van der Waals surface area (Å²) >= 11 is 5.88. The quantitative estimate of drug-likeness (QED) is 0.502. The molecular weight excluding hydrogens is 426 g/mol. The van der Waals surface area contributed by atoms with Gasteiger partial charge in [0.05, 0.1) is 5.71 Å². The van der Waals surface area contributed by atoms with Crippen LogP contribution >= 0.6 is 11.6 Å². The van der Waals surface area contributed by atoms with Gasteiger partial charge in [0.15, 0.2) is 5.76 Å². The largest absolute Gasteiger partial charge is 0.455 e. The minimum absolute atomic E-state index is 0.277. The Morgan fingerprint density at radius 2 is 1.81 bits per heavy atom. The summed E-state index contributed by atoms with van der Waals surface area (Å²) in [6.07, 6.45) is 3.05. The van der Waals surface area contributed by atoms with Crippen molar-refractivity contribution in [3.8, 4) is 0 Å². The van der Waals surface area contributed by atoms with E-state index in [4.69, 9.17) is 16.0 Å². The second-order valence-corrected chi connectivity index (χ2v) is 8.12. The van der Waals surface area contributed by atoms with E-state index in [0.29, 0.717) is 22.7 Å². The van der Waals surface area contributed by atoms with Crippen molar-refractivity contribution in [3.63, 3.8) is 0 Å². The van der Waals surface area contributed by atoms with Gasteiger partial charge < -0.3 is 9.73 Å². The van der Waals surface area contributed by atoms with E-state index in [0.717, 1.165) is 47.4 Å². The molecule has 2 N–H and O–H groups in total.